The number of hydrogen-bond acceptors (Lipinski definition) is 3. The average Bonchev–Trinajstić information content (AvgIpc) is 2.44. The Bertz CT molecular complexity index is 445. The summed E-state index contributed by atoms with van der Waals surface area (Å²) in [6.45, 7) is 2.95. The van der Waals surface area contributed by atoms with E-state index >= 15 is 0 Å². The molecule has 0 radical (unpaired) electrons. The van der Waals surface area contributed by atoms with E-state index in [0.717, 1.165) is 17.7 Å². The number of nitrogen functional groups attached to an aromatic ring is 1. The number of imidazole rings is 1. The van der Waals surface area contributed by atoms with Crippen molar-refractivity contribution in [3.63, 3.8) is 0 Å². The lowest BCUT2D eigenvalue weighted by Crippen LogP contribution is -2.31. The van der Waals surface area contributed by atoms with E-state index in [0.29, 0.717) is 5.82 Å². The van der Waals surface area contributed by atoms with E-state index in [1.807, 2.05) is 22.5 Å². The molecule has 0 saturated carbocycles. The van der Waals surface area contributed by atoms with E-state index in [-0.39, 0.29) is 0 Å². The Hall–Kier alpha value is -1.65. The Morgan fingerprint density at radius 3 is 3.00 bits per heavy atom. The molecular formula is C8H12N5+. The van der Waals surface area contributed by atoms with Gasteiger partial charge in [0.1, 0.15) is 0 Å². The highest BCUT2D eigenvalue weighted by molar-refractivity contribution is 5.78. The van der Waals surface area contributed by atoms with Crippen LogP contribution in [0.1, 0.15) is 6.92 Å². The lowest BCUT2D eigenvalue weighted by atomic mass is 10.5. The van der Waals surface area contributed by atoms with Gasteiger partial charge >= 0.3 is 5.65 Å². The van der Waals surface area contributed by atoms with Gasteiger partial charge in [0.15, 0.2) is 18.5 Å². The van der Waals surface area contributed by atoms with Crippen molar-refractivity contribution in [3.05, 3.63) is 12.7 Å². The van der Waals surface area contributed by atoms with Crippen LogP contribution < -0.4 is 10.3 Å². The lowest BCUT2D eigenvalue weighted by Gasteiger charge is -1.90. The molecule has 0 atom stereocenters. The molecule has 68 valence electrons. The van der Waals surface area contributed by atoms with E-state index in [9.17, 15) is 0 Å². The van der Waals surface area contributed by atoms with Crippen molar-refractivity contribution in [3.8, 4) is 0 Å². The number of nitrogens with two attached hydrogens (primary N) is 1. The fourth-order valence-electron chi connectivity index (χ4n) is 1.48. The molecule has 0 saturated heterocycles. The van der Waals surface area contributed by atoms with Crippen LogP contribution in [-0.2, 0) is 13.6 Å². The second kappa shape index (κ2) is 2.69. The van der Waals surface area contributed by atoms with Gasteiger partial charge in [-0.2, -0.15) is 4.98 Å². The fourth-order valence-corrected chi connectivity index (χ4v) is 1.48. The first-order valence-electron chi connectivity index (χ1n) is 4.19. The van der Waals surface area contributed by atoms with Crippen molar-refractivity contribution in [2.75, 3.05) is 5.73 Å². The number of anilines is 1. The summed E-state index contributed by atoms with van der Waals surface area (Å²) in [5, 5.41) is 0. The van der Waals surface area contributed by atoms with E-state index in [4.69, 9.17) is 5.73 Å². The summed E-state index contributed by atoms with van der Waals surface area (Å²) in [7, 11) is 1.94. The minimum absolute atomic E-state index is 0.528. The van der Waals surface area contributed by atoms with Gasteiger partial charge in [-0.3, -0.25) is 4.57 Å². The zero-order chi connectivity index (χ0) is 9.42. The quantitative estimate of drug-likeness (QED) is 0.618. The third-order valence-corrected chi connectivity index (χ3v) is 2.11. The van der Waals surface area contributed by atoms with Crippen LogP contribution in [0.25, 0.3) is 11.2 Å². The van der Waals surface area contributed by atoms with Gasteiger partial charge in [0.05, 0.1) is 13.6 Å². The Morgan fingerprint density at radius 2 is 2.31 bits per heavy atom. The van der Waals surface area contributed by atoms with E-state index < -0.39 is 0 Å². The van der Waals surface area contributed by atoms with Crippen LogP contribution in [-0.4, -0.2) is 14.5 Å². The second-order valence-electron chi connectivity index (χ2n) is 2.94. The molecule has 2 heterocycles. The third kappa shape index (κ3) is 1.04. The first-order chi connectivity index (χ1) is 6.24. The zero-order valence-electron chi connectivity index (χ0n) is 7.73. The molecule has 0 spiro atoms. The summed E-state index contributed by atoms with van der Waals surface area (Å²) < 4.78 is 3.97. The maximum atomic E-state index is 5.74. The second-order valence-corrected chi connectivity index (χ2v) is 2.94. The molecule has 5 nitrogen and oxygen atoms in total. The number of nitrogens with zero attached hydrogens (tertiary/aromatic N) is 4. The highest BCUT2D eigenvalue weighted by Crippen LogP contribution is 2.11. The molecule has 0 unspecified atom stereocenters. The SMILES string of the molecule is CC[n+]1cn(C)c2c(N)ncnc21. The van der Waals surface area contributed by atoms with Crippen LogP contribution in [0.3, 0.4) is 0 Å². The van der Waals surface area contributed by atoms with Crippen LogP contribution in [0.5, 0.6) is 0 Å². The summed E-state index contributed by atoms with van der Waals surface area (Å²) >= 11 is 0. The van der Waals surface area contributed by atoms with Gasteiger partial charge in [-0.1, -0.05) is 4.98 Å². The number of rotatable bonds is 1. The molecule has 0 aliphatic carbocycles. The molecule has 2 N–H and O–H groups in total. The number of fused-ring (bicyclic) bond motifs is 1. The predicted octanol–water partition coefficient (Wildman–Crippen LogP) is -0.142. The van der Waals surface area contributed by atoms with Crippen LogP contribution in [0.4, 0.5) is 5.82 Å². The van der Waals surface area contributed by atoms with E-state index in [1.54, 1.807) is 0 Å². The monoisotopic (exact) mass is 178 g/mol. The van der Waals surface area contributed by atoms with Crippen molar-refractivity contribution < 1.29 is 4.57 Å². The Labute approximate surface area is 75.8 Å². The van der Waals surface area contributed by atoms with E-state index in [1.165, 1.54) is 6.33 Å². The highest BCUT2D eigenvalue weighted by Gasteiger charge is 2.15. The van der Waals surface area contributed by atoms with Gasteiger partial charge in [0.2, 0.25) is 5.52 Å². The fraction of sp³-hybridized carbons (Fsp3) is 0.375. The summed E-state index contributed by atoms with van der Waals surface area (Å²) in [5.41, 5.74) is 7.52. The standard InChI is InChI=1S/C8H12N5/c1-3-13-5-12(2)6-7(9)10-4-11-8(6)13/h4-5H,3H2,1-2H3,(H2,9,10,11)/q+1. The topological polar surface area (TPSA) is 60.6 Å². The summed E-state index contributed by atoms with van der Waals surface area (Å²) in [6, 6.07) is 0. The molecule has 0 aliphatic heterocycles. The Morgan fingerprint density at radius 1 is 1.54 bits per heavy atom. The molecule has 2 aromatic rings. The number of aryl methyl sites for hydroxylation is 2. The largest absolute Gasteiger partial charge is 0.380 e. The van der Waals surface area contributed by atoms with Crippen LogP contribution in [0, 0.1) is 0 Å². The molecule has 0 aliphatic rings. The first-order valence-corrected chi connectivity index (χ1v) is 4.19. The summed E-state index contributed by atoms with van der Waals surface area (Å²) in [4.78, 5) is 8.13. The Balaban J connectivity index is 2.87. The van der Waals surface area contributed by atoms with Gasteiger partial charge in [-0.15, -0.1) is 0 Å². The molecule has 0 amide bonds. The van der Waals surface area contributed by atoms with Gasteiger partial charge < -0.3 is 5.73 Å². The van der Waals surface area contributed by atoms with Gasteiger partial charge in [-0.25, -0.2) is 4.57 Å². The molecule has 5 heteroatoms. The summed E-state index contributed by atoms with van der Waals surface area (Å²) in [6.07, 6.45) is 3.46. The van der Waals surface area contributed by atoms with Crippen LogP contribution in [0.15, 0.2) is 12.7 Å². The lowest BCUT2D eigenvalue weighted by molar-refractivity contribution is -0.670. The smallest absolute Gasteiger partial charge is 0.307 e. The molecule has 0 bridgehead atoms. The molecule has 2 rings (SSSR count). The average molecular weight is 178 g/mol. The summed E-state index contributed by atoms with van der Waals surface area (Å²) in [5.74, 6) is 0.528. The van der Waals surface area contributed by atoms with Gasteiger partial charge in [-0.05, 0) is 6.92 Å². The highest BCUT2D eigenvalue weighted by atomic mass is 15.2. The van der Waals surface area contributed by atoms with Crippen molar-refractivity contribution in [1.29, 1.82) is 0 Å². The minimum atomic E-state index is 0.528. The predicted molar refractivity (Wildman–Crippen MR) is 48.8 cm³/mol. The molecule has 0 aromatic carbocycles. The van der Waals surface area contributed by atoms with Gasteiger partial charge in [0.25, 0.3) is 0 Å². The number of aromatic nitrogens is 4. The van der Waals surface area contributed by atoms with Crippen molar-refractivity contribution in [2.24, 2.45) is 7.05 Å². The third-order valence-electron chi connectivity index (χ3n) is 2.11. The van der Waals surface area contributed by atoms with E-state index in [2.05, 4.69) is 16.9 Å². The minimum Gasteiger partial charge on any atom is -0.380 e. The number of hydrogen-bond donors (Lipinski definition) is 1. The van der Waals surface area contributed by atoms with Crippen molar-refractivity contribution >= 4 is 17.0 Å². The Kier molecular flexibility index (Phi) is 1.65. The zero-order valence-corrected chi connectivity index (χ0v) is 7.73. The van der Waals surface area contributed by atoms with Gasteiger partial charge in [0, 0.05) is 0 Å². The molecule has 13 heavy (non-hydrogen) atoms. The van der Waals surface area contributed by atoms with Crippen molar-refractivity contribution in [2.45, 2.75) is 13.5 Å². The maximum absolute atomic E-state index is 5.74. The maximum Gasteiger partial charge on any atom is 0.307 e. The molecule has 0 fully saturated rings. The normalized spacial score (nSPS) is 10.9. The van der Waals surface area contributed by atoms with Crippen molar-refractivity contribution in [1.82, 2.24) is 14.5 Å². The van der Waals surface area contributed by atoms with Crippen LogP contribution >= 0.6 is 0 Å². The molecule has 2 aromatic heterocycles. The first kappa shape index (κ1) is 7.97. The van der Waals surface area contributed by atoms with Crippen LogP contribution in [0.2, 0.25) is 0 Å². The molecular weight excluding hydrogens is 166 g/mol.